The fourth-order valence-corrected chi connectivity index (χ4v) is 6.14. The van der Waals surface area contributed by atoms with Gasteiger partial charge in [0, 0.05) is 13.1 Å². The number of aromatic hydroxyl groups is 2. The van der Waals surface area contributed by atoms with Crippen LogP contribution in [0.4, 0.5) is 0 Å². The summed E-state index contributed by atoms with van der Waals surface area (Å²) in [6.45, 7) is 28.9. The lowest BCUT2D eigenvalue weighted by molar-refractivity contribution is -0.135. The Morgan fingerprint density at radius 2 is 0.805 bits per heavy atom. The van der Waals surface area contributed by atoms with Crippen LogP contribution in [0.5, 0.6) is 11.5 Å². The van der Waals surface area contributed by atoms with Crippen molar-refractivity contribution in [3.8, 4) is 11.5 Å². The number of carbonyl (C=O) groups is 1. The summed E-state index contributed by atoms with van der Waals surface area (Å²) in [5, 5.41) is 23.1. The molecule has 0 saturated carbocycles. The van der Waals surface area contributed by atoms with Gasteiger partial charge in [-0.1, -0.05) is 120 Å². The lowest BCUT2D eigenvalue weighted by Gasteiger charge is -2.39. The lowest BCUT2D eigenvalue weighted by Crippen LogP contribution is -2.47. The van der Waals surface area contributed by atoms with Crippen LogP contribution in [-0.2, 0) is 31.9 Å². The molecule has 2 aromatic carbocycles. The van der Waals surface area contributed by atoms with Crippen LogP contribution in [0.15, 0.2) is 24.3 Å². The molecular formula is C37H57NO3. The maximum atomic E-state index is 15.0. The van der Waals surface area contributed by atoms with Crippen molar-refractivity contribution in [1.82, 2.24) is 4.90 Å². The van der Waals surface area contributed by atoms with Crippen LogP contribution in [0, 0.1) is 0 Å². The number of phenols is 2. The highest BCUT2D eigenvalue weighted by atomic mass is 16.3. The van der Waals surface area contributed by atoms with Crippen LogP contribution in [0.25, 0.3) is 0 Å². The van der Waals surface area contributed by atoms with Gasteiger partial charge in [-0.25, -0.2) is 0 Å². The first-order valence-corrected chi connectivity index (χ1v) is 15.6. The standard InChI is InChI=1S/C37H57NO3/c1-33(2,3)26-20-24(21-27(30(26)39)34(4,5)6)37(13,32(41)38-18-16-14-15-17-19-38)25-22-28(35(7,8)9)31(40)29(23-25)36(10,11)12/h20-23,39-40H,14-19H2,1-13H3. The normalized spacial score (nSPS) is 16.1. The Bertz CT molecular complexity index is 1120. The van der Waals surface area contributed by atoms with E-state index in [-0.39, 0.29) is 27.6 Å². The maximum Gasteiger partial charge on any atom is 0.237 e. The van der Waals surface area contributed by atoms with Crippen molar-refractivity contribution >= 4 is 5.91 Å². The molecule has 4 heteroatoms. The molecule has 0 radical (unpaired) electrons. The van der Waals surface area contributed by atoms with Gasteiger partial charge < -0.3 is 15.1 Å². The van der Waals surface area contributed by atoms with Gasteiger partial charge >= 0.3 is 0 Å². The molecule has 1 heterocycles. The largest absolute Gasteiger partial charge is 0.507 e. The minimum atomic E-state index is -1.02. The minimum absolute atomic E-state index is 0.0928. The topological polar surface area (TPSA) is 60.8 Å². The van der Waals surface area contributed by atoms with E-state index in [1.54, 1.807) is 0 Å². The van der Waals surface area contributed by atoms with Gasteiger partial charge in [-0.05, 0) is 74.8 Å². The van der Waals surface area contributed by atoms with Gasteiger partial charge in [-0.3, -0.25) is 4.79 Å². The molecule has 1 aliphatic rings. The molecule has 0 bridgehead atoms. The Morgan fingerprint density at radius 3 is 1.05 bits per heavy atom. The van der Waals surface area contributed by atoms with Crippen molar-refractivity contribution in [2.24, 2.45) is 0 Å². The third-order valence-corrected chi connectivity index (χ3v) is 8.93. The highest BCUT2D eigenvalue weighted by Gasteiger charge is 2.44. The van der Waals surface area contributed by atoms with Gasteiger partial charge in [0.25, 0.3) is 0 Å². The summed E-state index contributed by atoms with van der Waals surface area (Å²) in [7, 11) is 0. The summed E-state index contributed by atoms with van der Waals surface area (Å²) in [5.41, 5.74) is 2.86. The van der Waals surface area contributed by atoms with E-state index < -0.39 is 5.41 Å². The van der Waals surface area contributed by atoms with E-state index in [4.69, 9.17) is 0 Å². The first-order valence-electron chi connectivity index (χ1n) is 15.6. The zero-order valence-corrected chi connectivity index (χ0v) is 28.3. The number of rotatable bonds is 3. The smallest absolute Gasteiger partial charge is 0.237 e. The average molecular weight is 564 g/mol. The molecule has 3 rings (SSSR count). The average Bonchev–Trinajstić information content (AvgIpc) is 3.10. The predicted octanol–water partition coefficient (Wildman–Crippen LogP) is 9.00. The first kappa shape index (κ1) is 33.0. The van der Waals surface area contributed by atoms with E-state index in [2.05, 4.69) is 119 Å². The molecule has 0 aliphatic carbocycles. The molecule has 0 unspecified atom stereocenters. The van der Waals surface area contributed by atoms with Crippen molar-refractivity contribution in [2.75, 3.05) is 13.1 Å². The van der Waals surface area contributed by atoms with Crippen LogP contribution in [-0.4, -0.2) is 34.1 Å². The van der Waals surface area contributed by atoms with Crippen molar-refractivity contribution in [3.63, 3.8) is 0 Å². The monoisotopic (exact) mass is 563 g/mol. The molecule has 0 spiro atoms. The number of benzene rings is 2. The van der Waals surface area contributed by atoms with E-state index in [0.717, 1.165) is 72.2 Å². The van der Waals surface area contributed by atoms with E-state index in [9.17, 15) is 15.0 Å². The van der Waals surface area contributed by atoms with Gasteiger partial charge in [0.15, 0.2) is 0 Å². The van der Waals surface area contributed by atoms with Crippen LogP contribution in [0.1, 0.15) is 149 Å². The SMILES string of the molecule is CC(C)(C)c1cc(C(C)(C(=O)N2CCCCCC2)c2cc(C(C)(C)C)c(O)c(C(C)(C)C)c2)cc(C(C)(C)C)c1O. The predicted molar refractivity (Wildman–Crippen MR) is 173 cm³/mol. The lowest BCUT2D eigenvalue weighted by atomic mass is 9.68. The van der Waals surface area contributed by atoms with E-state index in [1.165, 1.54) is 0 Å². The summed E-state index contributed by atoms with van der Waals surface area (Å²) in [6.07, 6.45) is 4.30. The quantitative estimate of drug-likeness (QED) is 0.392. The number of carbonyl (C=O) groups excluding carboxylic acids is 1. The second-order valence-electron chi connectivity index (χ2n) is 16.7. The summed E-state index contributed by atoms with van der Waals surface area (Å²) in [5.74, 6) is 0.722. The van der Waals surface area contributed by atoms with E-state index in [1.807, 2.05) is 0 Å². The Balaban J connectivity index is 2.52. The third kappa shape index (κ3) is 6.62. The zero-order valence-electron chi connectivity index (χ0n) is 28.3. The zero-order chi connectivity index (χ0) is 31.3. The first-order chi connectivity index (χ1) is 18.5. The fourth-order valence-electron chi connectivity index (χ4n) is 6.14. The number of hydrogen-bond donors (Lipinski definition) is 2. The molecule has 2 N–H and O–H groups in total. The molecule has 0 aromatic heterocycles. The number of amides is 1. The maximum absolute atomic E-state index is 15.0. The molecule has 2 aromatic rings. The molecule has 4 nitrogen and oxygen atoms in total. The molecule has 41 heavy (non-hydrogen) atoms. The number of phenolic OH excluding ortho intramolecular Hbond substituents is 2. The Kier molecular flexibility index (Phi) is 8.83. The number of hydrogen-bond acceptors (Lipinski definition) is 3. The summed E-state index contributed by atoms with van der Waals surface area (Å²) >= 11 is 0. The van der Waals surface area contributed by atoms with E-state index >= 15 is 0 Å². The molecular weight excluding hydrogens is 506 g/mol. The van der Waals surface area contributed by atoms with Gasteiger partial charge in [-0.2, -0.15) is 0 Å². The van der Waals surface area contributed by atoms with Crippen molar-refractivity contribution in [3.05, 3.63) is 57.6 Å². The molecule has 1 aliphatic heterocycles. The highest BCUT2D eigenvalue weighted by Crippen LogP contribution is 2.48. The van der Waals surface area contributed by atoms with Crippen LogP contribution in [0.3, 0.4) is 0 Å². The van der Waals surface area contributed by atoms with Crippen molar-refractivity contribution in [1.29, 1.82) is 0 Å². The molecule has 0 atom stereocenters. The van der Waals surface area contributed by atoms with Crippen molar-refractivity contribution < 1.29 is 15.0 Å². The van der Waals surface area contributed by atoms with Crippen LogP contribution >= 0.6 is 0 Å². The summed E-state index contributed by atoms with van der Waals surface area (Å²) in [4.78, 5) is 17.1. The third-order valence-electron chi connectivity index (χ3n) is 8.93. The summed E-state index contributed by atoms with van der Waals surface area (Å²) in [6, 6.07) is 8.28. The van der Waals surface area contributed by atoms with Gasteiger partial charge in [0.05, 0.1) is 5.41 Å². The molecule has 228 valence electrons. The van der Waals surface area contributed by atoms with Crippen LogP contribution < -0.4 is 0 Å². The highest BCUT2D eigenvalue weighted by molar-refractivity contribution is 5.92. The number of likely N-dealkylation sites (tertiary alicyclic amines) is 1. The van der Waals surface area contributed by atoms with Gasteiger partial charge in [0.1, 0.15) is 11.5 Å². The Labute approximate surface area is 250 Å². The Hall–Kier alpha value is -2.49. The number of nitrogens with zero attached hydrogens (tertiary/aromatic N) is 1. The molecule has 1 fully saturated rings. The minimum Gasteiger partial charge on any atom is -0.507 e. The second kappa shape index (κ2) is 11.0. The van der Waals surface area contributed by atoms with Gasteiger partial charge in [0.2, 0.25) is 5.91 Å². The Morgan fingerprint density at radius 1 is 0.537 bits per heavy atom. The molecule has 1 saturated heterocycles. The fraction of sp³-hybridized carbons (Fsp3) is 0.649. The second-order valence-corrected chi connectivity index (χ2v) is 16.7. The summed E-state index contributed by atoms with van der Waals surface area (Å²) < 4.78 is 0. The van der Waals surface area contributed by atoms with E-state index in [0.29, 0.717) is 11.5 Å². The van der Waals surface area contributed by atoms with Crippen molar-refractivity contribution in [2.45, 2.75) is 143 Å². The molecule has 1 amide bonds. The van der Waals surface area contributed by atoms with Gasteiger partial charge in [-0.15, -0.1) is 0 Å². The van der Waals surface area contributed by atoms with Crippen LogP contribution in [0.2, 0.25) is 0 Å².